The van der Waals surface area contributed by atoms with E-state index < -0.39 is 34.6 Å². The van der Waals surface area contributed by atoms with Crippen molar-refractivity contribution < 1.29 is 22.0 Å². The van der Waals surface area contributed by atoms with Crippen LogP contribution in [0.25, 0.3) is 5.57 Å². The van der Waals surface area contributed by atoms with Gasteiger partial charge in [0, 0.05) is 23.2 Å². The van der Waals surface area contributed by atoms with Gasteiger partial charge < -0.3 is 0 Å². The molecular formula is C13H6BrF5N2S. The summed E-state index contributed by atoms with van der Waals surface area (Å²) in [5.41, 5.74) is -0.856. The molecule has 0 atom stereocenters. The fraction of sp³-hybridized carbons (Fsp3) is 0.0769. The largest absolute Gasteiger partial charge is 0.210 e. The summed E-state index contributed by atoms with van der Waals surface area (Å²) < 4.78 is 74.9. The van der Waals surface area contributed by atoms with E-state index in [0.29, 0.717) is 12.1 Å². The first-order valence-electron chi connectivity index (χ1n) is 5.67. The standard InChI is InChI=1S/C13H6BrF5N2S/c1-20-22-21-5-2-3-7(14)6(4-5)8-9(15)11(17)13(19)12(18)10(8)16/h3-4H,1-2H2/b21-5+. The molecule has 0 aliphatic heterocycles. The maximum Gasteiger partial charge on any atom is 0.200 e. The van der Waals surface area contributed by atoms with Crippen molar-refractivity contribution in [1.29, 1.82) is 0 Å². The van der Waals surface area contributed by atoms with E-state index in [1.165, 1.54) is 12.2 Å². The van der Waals surface area contributed by atoms with Gasteiger partial charge in [0.25, 0.3) is 0 Å². The van der Waals surface area contributed by atoms with Gasteiger partial charge in [0.15, 0.2) is 23.3 Å². The number of allylic oxidation sites excluding steroid dienone is 4. The first kappa shape index (κ1) is 16.9. The highest BCUT2D eigenvalue weighted by Crippen LogP contribution is 2.37. The Hall–Kier alpha value is -1.48. The Bertz CT molecular complexity index is 713. The lowest BCUT2D eigenvalue weighted by atomic mass is 9.97. The van der Waals surface area contributed by atoms with Crippen LogP contribution in [0.15, 0.2) is 25.4 Å². The zero-order valence-corrected chi connectivity index (χ0v) is 13.0. The minimum Gasteiger partial charge on any atom is -0.210 e. The van der Waals surface area contributed by atoms with Crippen LogP contribution in [-0.4, -0.2) is 12.4 Å². The highest BCUT2D eigenvalue weighted by molar-refractivity contribution is 9.12. The lowest BCUT2D eigenvalue weighted by Gasteiger charge is -2.15. The SMILES string of the molecule is C=NS/N=C1/C=C(c2c(F)c(F)c(F)c(F)c2F)C(Br)=CC1. The highest BCUT2D eigenvalue weighted by atomic mass is 79.9. The zero-order valence-electron chi connectivity index (χ0n) is 10.6. The van der Waals surface area contributed by atoms with Crippen LogP contribution in [0.3, 0.4) is 0 Å². The molecule has 2 rings (SSSR count). The smallest absolute Gasteiger partial charge is 0.200 e. The lowest BCUT2D eigenvalue weighted by Crippen LogP contribution is -2.09. The Morgan fingerprint density at radius 2 is 1.55 bits per heavy atom. The lowest BCUT2D eigenvalue weighted by molar-refractivity contribution is 0.376. The van der Waals surface area contributed by atoms with Gasteiger partial charge >= 0.3 is 0 Å². The Labute approximate surface area is 134 Å². The second-order valence-corrected chi connectivity index (χ2v) is 5.51. The molecule has 0 N–H and O–H groups in total. The van der Waals surface area contributed by atoms with Crippen LogP contribution in [0.2, 0.25) is 0 Å². The predicted octanol–water partition coefficient (Wildman–Crippen LogP) is 5.15. The van der Waals surface area contributed by atoms with Crippen LogP contribution in [-0.2, 0) is 0 Å². The molecule has 0 radical (unpaired) electrons. The van der Waals surface area contributed by atoms with Crippen LogP contribution >= 0.6 is 28.1 Å². The first-order chi connectivity index (χ1) is 10.4. The van der Waals surface area contributed by atoms with Crippen molar-refractivity contribution in [2.45, 2.75) is 6.42 Å². The summed E-state index contributed by atoms with van der Waals surface area (Å²) in [6.45, 7) is 3.20. The molecule has 0 fully saturated rings. The van der Waals surface area contributed by atoms with Gasteiger partial charge in [-0.15, -0.1) is 0 Å². The third-order valence-electron chi connectivity index (χ3n) is 2.75. The van der Waals surface area contributed by atoms with E-state index >= 15 is 0 Å². The third kappa shape index (κ3) is 3.00. The van der Waals surface area contributed by atoms with E-state index in [9.17, 15) is 22.0 Å². The van der Waals surface area contributed by atoms with Crippen LogP contribution in [0.4, 0.5) is 22.0 Å². The van der Waals surface area contributed by atoms with Crippen LogP contribution < -0.4 is 0 Å². The number of nitrogens with zero attached hydrogens (tertiary/aromatic N) is 2. The maximum atomic E-state index is 13.9. The van der Waals surface area contributed by atoms with E-state index in [-0.39, 0.29) is 10.1 Å². The van der Waals surface area contributed by atoms with Gasteiger partial charge in [0.2, 0.25) is 5.82 Å². The average molecular weight is 397 g/mol. The minimum absolute atomic E-state index is 0.192. The average Bonchev–Trinajstić information content (AvgIpc) is 2.51. The Kier molecular flexibility index (Phi) is 5.17. The molecule has 0 unspecified atom stereocenters. The molecule has 0 aromatic heterocycles. The minimum atomic E-state index is -2.20. The molecule has 9 heteroatoms. The molecule has 1 aliphatic carbocycles. The number of halogens is 6. The highest BCUT2D eigenvalue weighted by Gasteiger charge is 2.29. The summed E-state index contributed by atoms with van der Waals surface area (Å²) >= 11 is 3.79. The summed E-state index contributed by atoms with van der Waals surface area (Å²) in [5.74, 6) is -9.99. The van der Waals surface area contributed by atoms with Gasteiger partial charge in [-0.05, 0) is 6.08 Å². The topological polar surface area (TPSA) is 24.7 Å². The molecule has 0 saturated carbocycles. The molecule has 116 valence electrons. The number of hydrogen-bond donors (Lipinski definition) is 0. The zero-order chi connectivity index (χ0) is 16.4. The monoisotopic (exact) mass is 396 g/mol. The molecule has 22 heavy (non-hydrogen) atoms. The van der Waals surface area contributed by atoms with E-state index in [4.69, 9.17) is 0 Å². The van der Waals surface area contributed by atoms with Gasteiger partial charge in [0.1, 0.15) is 12.1 Å². The van der Waals surface area contributed by atoms with Gasteiger partial charge in [-0.2, -0.15) is 4.40 Å². The van der Waals surface area contributed by atoms with Crippen molar-refractivity contribution in [3.63, 3.8) is 0 Å². The second kappa shape index (κ2) is 6.74. The van der Waals surface area contributed by atoms with Crippen molar-refractivity contribution in [2.75, 3.05) is 0 Å². The second-order valence-electron chi connectivity index (χ2n) is 4.05. The first-order valence-corrected chi connectivity index (χ1v) is 7.19. The van der Waals surface area contributed by atoms with Crippen molar-refractivity contribution >= 4 is 46.1 Å². The molecule has 0 heterocycles. The predicted molar refractivity (Wildman–Crippen MR) is 80.4 cm³/mol. The van der Waals surface area contributed by atoms with E-state index in [0.717, 1.165) is 12.1 Å². The van der Waals surface area contributed by atoms with E-state index in [1.807, 2.05) is 0 Å². The van der Waals surface area contributed by atoms with Crippen LogP contribution in [0.5, 0.6) is 0 Å². The van der Waals surface area contributed by atoms with E-state index in [1.54, 1.807) is 0 Å². The fourth-order valence-electron chi connectivity index (χ4n) is 1.78. The van der Waals surface area contributed by atoms with Crippen molar-refractivity contribution in [3.8, 4) is 0 Å². The third-order valence-corrected chi connectivity index (χ3v) is 3.94. The molecule has 1 aliphatic rings. The molecule has 0 saturated heterocycles. The molecule has 1 aromatic carbocycles. The van der Waals surface area contributed by atoms with E-state index in [2.05, 4.69) is 31.4 Å². The molecule has 0 amide bonds. The van der Waals surface area contributed by atoms with Crippen LogP contribution in [0, 0.1) is 29.1 Å². The molecule has 0 spiro atoms. The fourth-order valence-corrected chi connectivity index (χ4v) is 2.54. The van der Waals surface area contributed by atoms with Crippen molar-refractivity contribution in [1.82, 2.24) is 0 Å². The van der Waals surface area contributed by atoms with Gasteiger partial charge in [-0.3, -0.25) is 0 Å². The Balaban J connectivity index is 2.66. The Morgan fingerprint density at radius 1 is 1.00 bits per heavy atom. The molecule has 2 nitrogen and oxygen atoms in total. The summed E-state index contributed by atoms with van der Waals surface area (Å²) in [6, 6.07) is 0. The normalized spacial score (nSPS) is 16.5. The quantitative estimate of drug-likeness (QED) is 0.228. The van der Waals surface area contributed by atoms with Crippen molar-refractivity contribution in [2.24, 2.45) is 8.80 Å². The van der Waals surface area contributed by atoms with Crippen molar-refractivity contribution in [3.05, 3.63) is 51.3 Å². The summed E-state index contributed by atoms with van der Waals surface area (Å²) in [4.78, 5) is 0. The molecule has 0 bridgehead atoms. The summed E-state index contributed by atoms with van der Waals surface area (Å²) in [5, 5.41) is 0. The Morgan fingerprint density at radius 3 is 2.09 bits per heavy atom. The van der Waals surface area contributed by atoms with Crippen LogP contribution in [0.1, 0.15) is 12.0 Å². The molecular weight excluding hydrogens is 391 g/mol. The van der Waals surface area contributed by atoms with Gasteiger partial charge in [-0.25, -0.2) is 26.3 Å². The number of hydrogen-bond acceptors (Lipinski definition) is 3. The maximum absolute atomic E-state index is 13.9. The molecule has 1 aromatic rings. The summed E-state index contributed by atoms with van der Waals surface area (Å²) in [7, 11) is 0. The number of benzene rings is 1. The summed E-state index contributed by atoms with van der Waals surface area (Å²) in [6.07, 6.45) is 3.03. The van der Waals surface area contributed by atoms with Gasteiger partial charge in [-0.1, -0.05) is 22.0 Å². The van der Waals surface area contributed by atoms with Gasteiger partial charge in [0.05, 0.1) is 11.3 Å². The number of rotatable bonds is 3.